The largest absolute Gasteiger partial charge is 0.389 e. The van der Waals surface area contributed by atoms with E-state index in [0.29, 0.717) is 11.5 Å². The van der Waals surface area contributed by atoms with Gasteiger partial charge in [0.2, 0.25) is 0 Å². The van der Waals surface area contributed by atoms with Crippen LogP contribution in [-0.4, -0.2) is 16.5 Å². The van der Waals surface area contributed by atoms with Crippen LogP contribution in [0.2, 0.25) is 0 Å². The fourth-order valence-corrected chi connectivity index (χ4v) is 1.79. The summed E-state index contributed by atoms with van der Waals surface area (Å²) >= 11 is 4.85. The minimum Gasteiger partial charge on any atom is -0.389 e. The van der Waals surface area contributed by atoms with Gasteiger partial charge in [0.15, 0.2) is 0 Å². The number of anilines is 1. The molecule has 0 spiro atoms. The summed E-state index contributed by atoms with van der Waals surface area (Å²) in [5.41, 5.74) is 7.18. The molecule has 3 nitrogen and oxygen atoms in total. The summed E-state index contributed by atoms with van der Waals surface area (Å²) in [6.07, 6.45) is 2.36. The van der Waals surface area contributed by atoms with Gasteiger partial charge in [0, 0.05) is 18.3 Å². The van der Waals surface area contributed by atoms with Crippen molar-refractivity contribution in [3.8, 4) is 0 Å². The molecule has 3 N–H and O–H groups in total. The molecule has 0 saturated heterocycles. The lowest BCUT2D eigenvalue weighted by Gasteiger charge is -2.06. The van der Waals surface area contributed by atoms with Gasteiger partial charge in [0.05, 0.1) is 0 Å². The van der Waals surface area contributed by atoms with Crippen molar-refractivity contribution in [2.24, 2.45) is 5.73 Å². The number of halogens is 1. The summed E-state index contributed by atoms with van der Waals surface area (Å²) in [6, 6.07) is 10.2. The molecule has 0 saturated carbocycles. The lowest BCUT2D eigenvalue weighted by Crippen LogP contribution is -2.11. The Balaban J connectivity index is 1.87. The van der Waals surface area contributed by atoms with E-state index in [9.17, 15) is 4.39 Å². The van der Waals surface area contributed by atoms with E-state index in [1.807, 2.05) is 18.2 Å². The molecule has 0 fully saturated rings. The van der Waals surface area contributed by atoms with Gasteiger partial charge in [-0.25, -0.2) is 9.37 Å². The number of rotatable bonds is 5. The number of benzene rings is 1. The Kier molecular flexibility index (Phi) is 4.41. The zero-order valence-corrected chi connectivity index (χ0v) is 11.1. The van der Waals surface area contributed by atoms with Gasteiger partial charge in [-0.3, -0.25) is 0 Å². The van der Waals surface area contributed by atoms with Gasteiger partial charge in [-0.15, -0.1) is 0 Å². The number of pyridine rings is 1. The summed E-state index contributed by atoms with van der Waals surface area (Å²) in [7, 11) is 0. The maximum atomic E-state index is 13.0. The van der Waals surface area contributed by atoms with E-state index in [-0.39, 0.29) is 5.82 Å². The van der Waals surface area contributed by atoms with Gasteiger partial charge in [0.1, 0.15) is 16.6 Å². The Morgan fingerprint density at radius 1 is 1.32 bits per heavy atom. The number of nitrogens with two attached hydrogens (primary N) is 1. The zero-order chi connectivity index (χ0) is 13.7. The normalized spacial score (nSPS) is 10.2. The minimum absolute atomic E-state index is 0.212. The molecule has 0 unspecified atom stereocenters. The van der Waals surface area contributed by atoms with Crippen LogP contribution in [-0.2, 0) is 6.42 Å². The van der Waals surface area contributed by atoms with Crippen molar-refractivity contribution in [1.29, 1.82) is 0 Å². The highest BCUT2D eigenvalue weighted by Crippen LogP contribution is 2.07. The second-order valence-corrected chi connectivity index (χ2v) is 4.54. The van der Waals surface area contributed by atoms with Crippen molar-refractivity contribution >= 4 is 23.0 Å². The van der Waals surface area contributed by atoms with Crippen molar-refractivity contribution < 1.29 is 4.39 Å². The second kappa shape index (κ2) is 6.24. The number of nitrogens with one attached hydrogen (secondary N) is 1. The van der Waals surface area contributed by atoms with Crippen LogP contribution in [0.4, 0.5) is 10.2 Å². The molecule has 0 bridgehead atoms. The molecule has 0 atom stereocenters. The van der Waals surface area contributed by atoms with Gasteiger partial charge >= 0.3 is 0 Å². The third-order valence-corrected chi connectivity index (χ3v) is 2.89. The average molecular weight is 275 g/mol. The van der Waals surface area contributed by atoms with Crippen LogP contribution < -0.4 is 11.1 Å². The molecule has 1 aromatic heterocycles. The summed E-state index contributed by atoms with van der Waals surface area (Å²) in [6.45, 7) is 0.683. The number of hydrogen-bond donors (Lipinski definition) is 2. The van der Waals surface area contributed by atoms with E-state index >= 15 is 0 Å². The fourth-order valence-electron chi connectivity index (χ4n) is 1.67. The standard InChI is InChI=1S/C14H14FN3S/c15-12-3-1-2-10(8-12)6-7-17-13-5-4-11(9-18-13)14(16)19/h1-5,8-9H,6-7H2,(H2,16,19)(H,17,18). The summed E-state index contributed by atoms with van der Waals surface area (Å²) in [4.78, 5) is 4.53. The first-order chi connectivity index (χ1) is 9.15. The summed E-state index contributed by atoms with van der Waals surface area (Å²) < 4.78 is 13.0. The third-order valence-electron chi connectivity index (χ3n) is 2.66. The molecular weight excluding hydrogens is 261 g/mol. The van der Waals surface area contributed by atoms with Crippen LogP contribution in [0.25, 0.3) is 0 Å². The van der Waals surface area contributed by atoms with Crippen LogP contribution in [0.15, 0.2) is 42.6 Å². The van der Waals surface area contributed by atoms with E-state index in [2.05, 4.69) is 10.3 Å². The molecular formula is C14H14FN3S. The van der Waals surface area contributed by atoms with Crippen LogP contribution in [0, 0.1) is 5.82 Å². The van der Waals surface area contributed by atoms with Gasteiger partial charge in [-0.1, -0.05) is 24.4 Å². The van der Waals surface area contributed by atoms with Crippen molar-refractivity contribution in [1.82, 2.24) is 4.98 Å². The molecule has 0 amide bonds. The number of hydrogen-bond acceptors (Lipinski definition) is 3. The van der Waals surface area contributed by atoms with Crippen molar-refractivity contribution in [2.45, 2.75) is 6.42 Å². The maximum absolute atomic E-state index is 13.0. The minimum atomic E-state index is -0.212. The van der Waals surface area contributed by atoms with Crippen molar-refractivity contribution in [3.63, 3.8) is 0 Å². The van der Waals surface area contributed by atoms with Crippen LogP contribution in [0.1, 0.15) is 11.1 Å². The van der Waals surface area contributed by atoms with Gasteiger partial charge in [-0.05, 0) is 36.2 Å². The molecule has 98 valence electrons. The second-order valence-electron chi connectivity index (χ2n) is 4.10. The molecule has 19 heavy (non-hydrogen) atoms. The van der Waals surface area contributed by atoms with Gasteiger partial charge < -0.3 is 11.1 Å². The van der Waals surface area contributed by atoms with Gasteiger partial charge in [0.25, 0.3) is 0 Å². The Hall–Kier alpha value is -2.01. The molecule has 2 rings (SSSR count). The van der Waals surface area contributed by atoms with Gasteiger partial charge in [-0.2, -0.15) is 0 Å². The molecule has 0 aliphatic heterocycles. The van der Waals surface area contributed by atoms with Crippen LogP contribution >= 0.6 is 12.2 Å². The molecule has 5 heteroatoms. The first kappa shape index (κ1) is 13.4. The molecule has 1 heterocycles. The Morgan fingerprint density at radius 2 is 2.16 bits per heavy atom. The number of aromatic nitrogens is 1. The summed E-state index contributed by atoms with van der Waals surface area (Å²) in [5.74, 6) is 0.535. The Morgan fingerprint density at radius 3 is 2.79 bits per heavy atom. The van der Waals surface area contributed by atoms with Crippen LogP contribution in [0.5, 0.6) is 0 Å². The van der Waals surface area contributed by atoms with E-state index < -0.39 is 0 Å². The van der Waals surface area contributed by atoms with E-state index in [1.54, 1.807) is 12.3 Å². The predicted octanol–water partition coefficient (Wildman–Crippen LogP) is 2.51. The third kappa shape index (κ3) is 3.99. The van der Waals surface area contributed by atoms with E-state index in [4.69, 9.17) is 18.0 Å². The highest BCUT2D eigenvalue weighted by atomic mass is 32.1. The molecule has 2 aromatic rings. The number of thiocarbonyl (C=S) groups is 1. The van der Waals surface area contributed by atoms with Crippen molar-refractivity contribution in [3.05, 3.63) is 59.5 Å². The highest BCUT2D eigenvalue weighted by molar-refractivity contribution is 7.80. The molecule has 0 aliphatic rings. The Labute approximate surface area is 116 Å². The van der Waals surface area contributed by atoms with E-state index in [1.165, 1.54) is 12.1 Å². The average Bonchev–Trinajstić information content (AvgIpc) is 2.39. The smallest absolute Gasteiger partial charge is 0.125 e. The topological polar surface area (TPSA) is 50.9 Å². The molecule has 1 aromatic carbocycles. The first-order valence-electron chi connectivity index (χ1n) is 5.89. The fraction of sp³-hybridized carbons (Fsp3) is 0.143. The Bertz CT molecular complexity index is 569. The number of nitrogens with zero attached hydrogens (tertiary/aromatic N) is 1. The lowest BCUT2D eigenvalue weighted by molar-refractivity contribution is 0.625. The predicted molar refractivity (Wildman–Crippen MR) is 78.7 cm³/mol. The van der Waals surface area contributed by atoms with Crippen LogP contribution in [0.3, 0.4) is 0 Å². The SMILES string of the molecule is NC(=S)c1ccc(NCCc2cccc(F)c2)nc1. The van der Waals surface area contributed by atoms with E-state index in [0.717, 1.165) is 23.4 Å². The first-order valence-corrected chi connectivity index (χ1v) is 6.30. The quantitative estimate of drug-likeness (QED) is 0.823. The molecule has 0 radical (unpaired) electrons. The monoisotopic (exact) mass is 275 g/mol. The molecule has 0 aliphatic carbocycles. The summed E-state index contributed by atoms with van der Waals surface area (Å²) in [5, 5.41) is 3.16. The highest BCUT2D eigenvalue weighted by Gasteiger charge is 1.99. The van der Waals surface area contributed by atoms with Crippen molar-refractivity contribution in [2.75, 3.05) is 11.9 Å². The maximum Gasteiger partial charge on any atom is 0.125 e. The zero-order valence-electron chi connectivity index (χ0n) is 10.3. The lowest BCUT2D eigenvalue weighted by atomic mass is 10.1.